The zero-order valence-corrected chi connectivity index (χ0v) is 14.9. The molecule has 2 rings (SSSR count). The molecule has 0 amide bonds. The summed E-state index contributed by atoms with van der Waals surface area (Å²) in [5.74, 6) is 0. The van der Waals surface area contributed by atoms with Crippen LogP contribution in [0.2, 0.25) is 0 Å². The molecule has 8 heteroatoms. The molecule has 118 valence electrons. The summed E-state index contributed by atoms with van der Waals surface area (Å²) in [6, 6.07) is 5.16. The summed E-state index contributed by atoms with van der Waals surface area (Å²) in [5, 5.41) is 0.758. The van der Waals surface area contributed by atoms with E-state index in [1.807, 2.05) is 0 Å². The van der Waals surface area contributed by atoms with Crippen molar-refractivity contribution in [1.82, 2.24) is 9.88 Å². The molecule has 1 aromatic heterocycles. The molecule has 0 saturated heterocycles. The Labute approximate surface area is 146 Å². The van der Waals surface area contributed by atoms with Gasteiger partial charge in [0.15, 0.2) is 0 Å². The minimum absolute atomic E-state index is 0.297. The second-order valence-corrected chi connectivity index (χ2v) is 7.85. The zero-order chi connectivity index (χ0) is 16.7. The third-order valence-electron chi connectivity index (χ3n) is 3.71. The number of likely N-dealkylation sites (N-methyl/N-ethyl adjacent to an activating group) is 1. The molecule has 2 nitrogen and oxygen atoms in total. The Morgan fingerprint density at radius 1 is 1.27 bits per heavy atom. The van der Waals surface area contributed by atoms with Crippen LogP contribution < -0.4 is 0 Å². The van der Waals surface area contributed by atoms with Gasteiger partial charge in [-0.1, -0.05) is 6.07 Å². The first-order chi connectivity index (χ1) is 10.1. The monoisotopic (exact) mass is 358 g/mol. The summed E-state index contributed by atoms with van der Waals surface area (Å²) in [6.45, 7) is 0. The van der Waals surface area contributed by atoms with Crippen molar-refractivity contribution in [3.8, 4) is 0 Å². The lowest BCUT2D eigenvalue weighted by atomic mass is 9.86. The number of nitrogens with zero attached hydrogens (tertiary/aromatic N) is 1. The minimum Gasteiger partial charge on any atom is -0.361 e. The lowest BCUT2D eigenvalue weighted by Gasteiger charge is -2.44. The highest BCUT2D eigenvalue weighted by atomic mass is 32.2. The van der Waals surface area contributed by atoms with Gasteiger partial charge in [-0.15, -0.1) is 0 Å². The first-order valence-electron chi connectivity index (χ1n) is 6.59. The number of hydrogen-bond donors (Lipinski definition) is 4. The number of hydrogen-bond acceptors (Lipinski definition) is 4. The topological polar surface area (TPSA) is 19.0 Å². The minimum atomic E-state index is -2.39. The predicted octanol–water partition coefficient (Wildman–Crippen LogP) is 3.30. The van der Waals surface area contributed by atoms with Crippen LogP contribution >= 0.6 is 37.9 Å². The summed E-state index contributed by atoms with van der Waals surface area (Å²) in [4.78, 5) is 4.78. The van der Waals surface area contributed by atoms with Crippen molar-refractivity contribution < 1.29 is 8.78 Å². The molecule has 0 aliphatic rings. The van der Waals surface area contributed by atoms with Crippen LogP contribution in [0.4, 0.5) is 8.78 Å². The van der Waals surface area contributed by atoms with Crippen LogP contribution in [0.15, 0.2) is 24.4 Å². The average molecular weight is 358 g/mol. The van der Waals surface area contributed by atoms with Crippen molar-refractivity contribution in [1.29, 1.82) is 0 Å². The molecular formula is C14H17BF2N2S3. The van der Waals surface area contributed by atoms with Crippen LogP contribution in [0.3, 0.4) is 0 Å². The fraction of sp³-hybridized carbons (Fsp3) is 0.429. The fourth-order valence-electron chi connectivity index (χ4n) is 2.27. The Hall–Kier alpha value is -0.305. The van der Waals surface area contributed by atoms with Crippen LogP contribution in [0, 0.1) is 0 Å². The first-order valence-corrected chi connectivity index (χ1v) is 7.93. The molecule has 1 atom stereocenters. The van der Waals surface area contributed by atoms with Gasteiger partial charge in [-0.05, 0) is 31.8 Å². The Kier molecular flexibility index (Phi) is 5.17. The Balaban J connectivity index is 2.55. The second-order valence-electron chi connectivity index (χ2n) is 5.47. The van der Waals surface area contributed by atoms with Crippen LogP contribution in [0.1, 0.15) is 11.1 Å². The molecule has 1 aromatic carbocycles. The van der Waals surface area contributed by atoms with E-state index >= 15 is 0 Å². The Morgan fingerprint density at radius 2 is 1.91 bits per heavy atom. The maximum atomic E-state index is 12.6. The van der Waals surface area contributed by atoms with E-state index in [4.69, 9.17) is 7.85 Å². The van der Waals surface area contributed by atoms with Gasteiger partial charge in [0, 0.05) is 33.9 Å². The number of thiol groups is 3. The third kappa shape index (κ3) is 3.16. The van der Waals surface area contributed by atoms with Crippen molar-refractivity contribution in [2.75, 3.05) is 14.1 Å². The van der Waals surface area contributed by atoms with Crippen molar-refractivity contribution >= 4 is 56.6 Å². The molecule has 1 N–H and O–H groups in total. The van der Waals surface area contributed by atoms with E-state index in [2.05, 4.69) is 42.9 Å². The number of benzene rings is 1. The molecule has 1 heterocycles. The van der Waals surface area contributed by atoms with E-state index in [9.17, 15) is 8.78 Å². The summed E-state index contributed by atoms with van der Waals surface area (Å²) in [7, 11) is 9.78. The fourth-order valence-corrected chi connectivity index (χ4v) is 3.16. The number of nitrogens with one attached hydrogen (secondary N) is 1. The number of aromatic amines is 1. The number of halogens is 2. The van der Waals surface area contributed by atoms with Gasteiger partial charge in [0.2, 0.25) is 6.43 Å². The largest absolute Gasteiger partial charge is 0.361 e. The summed E-state index contributed by atoms with van der Waals surface area (Å²) >= 11 is 13.7. The summed E-state index contributed by atoms with van der Waals surface area (Å²) in [5.41, 5.74) is 2.05. The maximum absolute atomic E-state index is 12.6. The van der Waals surface area contributed by atoms with Gasteiger partial charge in [-0.2, -0.15) is 37.9 Å². The van der Waals surface area contributed by atoms with Crippen molar-refractivity contribution in [3.63, 3.8) is 0 Å². The summed E-state index contributed by atoms with van der Waals surface area (Å²) < 4.78 is 22.9. The molecule has 22 heavy (non-hydrogen) atoms. The Morgan fingerprint density at radius 3 is 2.45 bits per heavy atom. The lowest BCUT2D eigenvalue weighted by molar-refractivity contribution is 0.149. The van der Waals surface area contributed by atoms with E-state index in [0.717, 1.165) is 10.9 Å². The van der Waals surface area contributed by atoms with Crippen LogP contribution in [-0.4, -0.2) is 43.0 Å². The van der Waals surface area contributed by atoms with E-state index in [1.54, 1.807) is 43.4 Å². The molecule has 0 spiro atoms. The highest BCUT2D eigenvalue weighted by Crippen LogP contribution is 2.48. The van der Waals surface area contributed by atoms with Gasteiger partial charge in [-0.3, -0.25) is 0 Å². The van der Waals surface area contributed by atoms with Crippen molar-refractivity contribution in [3.05, 3.63) is 35.5 Å². The molecule has 0 saturated carbocycles. The molecule has 0 aliphatic heterocycles. The van der Waals surface area contributed by atoms with Gasteiger partial charge < -0.3 is 9.88 Å². The predicted molar refractivity (Wildman–Crippen MR) is 98.8 cm³/mol. The van der Waals surface area contributed by atoms with Gasteiger partial charge in [0.25, 0.3) is 0 Å². The number of H-pyrrole nitrogens is 1. The van der Waals surface area contributed by atoms with E-state index in [-0.39, 0.29) is 6.42 Å². The molecule has 0 aliphatic carbocycles. The van der Waals surface area contributed by atoms with Crippen LogP contribution in [0.5, 0.6) is 0 Å². The molecule has 2 aromatic rings. The van der Waals surface area contributed by atoms with E-state index in [1.165, 1.54) is 0 Å². The normalized spacial score (nSPS) is 15.7. The molecular weight excluding hydrogens is 341 g/mol. The lowest BCUT2D eigenvalue weighted by Crippen LogP contribution is -2.51. The first kappa shape index (κ1) is 18.0. The van der Waals surface area contributed by atoms with Gasteiger partial charge in [0.05, 0.1) is 0 Å². The number of rotatable bonds is 5. The third-order valence-corrected chi connectivity index (χ3v) is 5.96. The summed E-state index contributed by atoms with van der Waals surface area (Å²) in [6.07, 6.45) is -0.954. The highest BCUT2D eigenvalue weighted by molar-refractivity contribution is 8.01. The molecule has 0 bridgehead atoms. The van der Waals surface area contributed by atoms with E-state index in [0.29, 0.717) is 11.1 Å². The van der Waals surface area contributed by atoms with Gasteiger partial charge in [0.1, 0.15) is 11.9 Å². The number of fused-ring (bicyclic) bond motifs is 1. The quantitative estimate of drug-likeness (QED) is 0.367. The smallest absolute Gasteiger partial charge is 0.242 e. The number of aromatic nitrogens is 1. The van der Waals surface area contributed by atoms with Crippen molar-refractivity contribution in [2.24, 2.45) is 0 Å². The van der Waals surface area contributed by atoms with Gasteiger partial charge in [-0.25, -0.2) is 8.78 Å². The molecule has 1 unspecified atom stereocenters. The number of alkyl halides is 2. The maximum Gasteiger partial charge on any atom is 0.242 e. The van der Waals surface area contributed by atoms with Crippen LogP contribution in [0.25, 0.3) is 10.9 Å². The van der Waals surface area contributed by atoms with Crippen molar-refractivity contribution in [2.45, 2.75) is 21.7 Å². The van der Waals surface area contributed by atoms with E-state index < -0.39 is 15.3 Å². The van der Waals surface area contributed by atoms with Crippen LogP contribution in [-0.2, 0) is 10.5 Å². The molecule has 0 fully saturated rings. The highest BCUT2D eigenvalue weighted by Gasteiger charge is 2.44. The second kappa shape index (κ2) is 6.30. The van der Waals surface area contributed by atoms with Gasteiger partial charge >= 0.3 is 0 Å². The standard InChI is InChI=1S/C14H17BF2N2S3/c1-19(2)14(15,22)13(20,21)10-7-18-11-4-3-8(5-9(10)11)6-12(16)17/h3-5,7,12,18,20-22H,6H2,1-2H3. The molecule has 2 radical (unpaired) electrons. The SMILES string of the molecule is [B]C(S)(N(C)C)C(S)(S)c1c[nH]c2ccc(CC(F)F)cc12. The average Bonchev–Trinajstić information content (AvgIpc) is 2.81. The Bertz CT molecular complexity index is 671. The zero-order valence-electron chi connectivity index (χ0n) is 12.2.